The van der Waals surface area contributed by atoms with Gasteiger partial charge in [0, 0.05) is 16.3 Å². The van der Waals surface area contributed by atoms with Gasteiger partial charge in [0.2, 0.25) is 0 Å². The molecule has 1 aromatic rings. The highest BCUT2D eigenvalue weighted by molar-refractivity contribution is 9.10. The molecule has 2 N–H and O–H groups in total. The van der Waals surface area contributed by atoms with E-state index in [9.17, 15) is 0 Å². The van der Waals surface area contributed by atoms with Crippen LogP contribution in [0.4, 0.5) is 0 Å². The van der Waals surface area contributed by atoms with Crippen molar-refractivity contribution in [2.45, 2.75) is 19.3 Å². The summed E-state index contributed by atoms with van der Waals surface area (Å²) in [7, 11) is 0. The zero-order valence-electron chi connectivity index (χ0n) is 8.91. The van der Waals surface area contributed by atoms with Gasteiger partial charge < -0.3 is 10.5 Å². The summed E-state index contributed by atoms with van der Waals surface area (Å²) in [6.07, 6.45) is 3.14. The van der Waals surface area contributed by atoms with Crippen molar-refractivity contribution in [2.75, 3.05) is 6.61 Å². The lowest BCUT2D eigenvalue weighted by Gasteiger charge is -2.15. The molecule has 1 saturated carbocycles. The van der Waals surface area contributed by atoms with Gasteiger partial charge in [0.15, 0.2) is 0 Å². The number of benzene rings is 1. The summed E-state index contributed by atoms with van der Waals surface area (Å²) in [4.78, 5) is 0.594. The lowest BCUT2D eigenvalue weighted by Crippen LogP contribution is -2.20. The van der Waals surface area contributed by atoms with E-state index >= 15 is 0 Å². The Kier molecular flexibility index (Phi) is 3.50. The summed E-state index contributed by atoms with van der Waals surface area (Å²) in [5.41, 5.74) is 5.80. The molecule has 2 rings (SSSR count). The van der Waals surface area contributed by atoms with E-state index in [0.717, 1.165) is 16.6 Å². The van der Waals surface area contributed by atoms with E-state index in [-0.39, 0.29) is 5.41 Å². The molecule has 0 spiro atoms. The SMILES string of the molecule is NC(=S)CC1(COc2ccc(Br)cc2)CC1. The van der Waals surface area contributed by atoms with Crippen LogP contribution in [0.2, 0.25) is 0 Å². The molecule has 0 saturated heterocycles. The quantitative estimate of drug-likeness (QED) is 0.848. The van der Waals surface area contributed by atoms with Gasteiger partial charge >= 0.3 is 0 Å². The minimum atomic E-state index is 0.221. The van der Waals surface area contributed by atoms with E-state index in [1.807, 2.05) is 24.3 Å². The van der Waals surface area contributed by atoms with E-state index in [4.69, 9.17) is 22.7 Å². The second-order valence-corrected chi connectivity index (χ2v) is 5.83. The maximum Gasteiger partial charge on any atom is 0.119 e. The van der Waals surface area contributed by atoms with Crippen LogP contribution < -0.4 is 10.5 Å². The van der Waals surface area contributed by atoms with E-state index in [1.165, 1.54) is 12.8 Å². The zero-order chi connectivity index (χ0) is 11.6. The fraction of sp³-hybridized carbons (Fsp3) is 0.417. The minimum Gasteiger partial charge on any atom is -0.493 e. The maximum atomic E-state index is 5.75. The normalized spacial score (nSPS) is 16.8. The lowest BCUT2D eigenvalue weighted by molar-refractivity contribution is 0.239. The molecular formula is C12H14BrNOS. The van der Waals surface area contributed by atoms with Gasteiger partial charge in [-0.25, -0.2) is 0 Å². The topological polar surface area (TPSA) is 35.2 Å². The van der Waals surface area contributed by atoms with Gasteiger partial charge in [-0.3, -0.25) is 0 Å². The Balaban J connectivity index is 1.87. The Hall–Kier alpha value is -0.610. The molecule has 1 fully saturated rings. The van der Waals surface area contributed by atoms with E-state index < -0.39 is 0 Å². The van der Waals surface area contributed by atoms with Crippen molar-refractivity contribution in [1.29, 1.82) is 0 Å². The van der Waals surface area contributed by atoms with Crippen LogP contribution in [0.5, 0.6) is 5.75 Å². The molecule has 0 unspecified atom stereocenters. The van der Waals surface area contributed by atoms with Gasteiger partial charge in [-0.2, -0.15) is 0 Å². The molecule has 86 valence electrons. The highest BCUT2D eigenvalue weighted by Gasteiger charge is 2.43. The highest BCUT2D eigenvalue weighted by atomic mass is 79.9. The van der Waals surface area contributed by atoms with Crippen LogP contribution >= 0.6 is 28.1 Å². The number of hydrogen-bond donors (Lipinski definition) is 1. The first-order chi connectivity index (χ1) is 7.60. The molecule has 1 aliphatic carbocycles. The van der Waals surface area contributed by atoms with E-state index in [2.05, 4.69) is 15.9 Å². The Labute approximate surface area is 109 Å². The Bertz CT molecular complexity index is 387. The first kappa shape index (κ1) is 11.9. The molecule has 0 amide bonds. The summed E-state index contributed by atoms with van der Waals surface area (Å²) in [6, 6.07) is 7.87. The Morgan fingerprint density at radius 3 is 2.50 bits per heavy atom. The average Bonchev–Trinajstić information content (AvgIpc) is 2.97. The summed E-state index contributed by atoms with van der Waals surface area (Å²) in [5, 5.41) is 0. The van der Waals surface area contributed by atoms with Gasteiger partial charge in [0.25, 0.3) is 0 Å². The van der Waals surface area contributed by atoms with Crippen LogP contribution in [-0.2, 0) is 0 Å². The summed E-state index contributed by atoms with van der Waals surface area (Å²) in [5.74, 6) is 0.900. The largest absolute Gasteiger partial charge is 0.493 e. The van der Waals surface area contributed by atoms with Crippen molar-refractivity contribution in [2.24, 2.45) is 11.1 Å². The summed E-state index contributed by atoms with van der Waals surface area (Å²) < 4.78 is 6.81. The fourth-order valence-electron chi connectivity index (χ4n) is 1.69. The van der Waals surface area contributed by atoms with E-state index in [0.29, 0.717) is 11.6 Å². The molecule has 4 heteroatoms. The second kappa shape index (κ2) is 4.72. The monoisotopic (exact) mass is 299 g/mol. The summed E-state index contributed by atoms with van der Waals surface area (Å²) >= 11 is 8.34. The van der Waals surface area contributed by atoms with Crippen molar-refractivity contribution in [3.8, 4) is 5.75 Å². The molecule has 0 radical (unpaired) electrons. The standard InChI is InChI=1S/C12H14BrNOS/c13-9-1-3-10(4-2-9)15-8-12(5-6-12)7-11(14)16/h1-4H,5-8H2,(H2,14,16). The minimum absolute atomic E-state index is 0.221. The molecule has 0 heterocycles. The number of hydrogen-bond acceptors (Lipinski definition) is 2. The van der Waals surface area contributed by atoms with Gasteiger partial charge in [-0.15, -0.1) is 0 Å². The third-order valence-corrected chi connectivity index (χ3v) is 3.54. The number of ether oxygens (including phenoxy) is 1. The fourth-order valence-corrected chi connectivity index (χ4v) is 2.26. The number of rotatable bonds is 5. The third-order valence-electron chi connectivity index (χ3n) is 2.86. The van der Waals surface area contributed by atoms with Crippen LogP contribution in [0, 0.1) is 5.41 Å². The Morgan fingerprint density at radius 2 is 2.00 bits per heavy atom. The molecule has 2 nitrogen and oxygen atoms in total. The van der Waals surface area contributed by atoms with Gasteiger partial charge in [-0.1, -0.05) is 28.1 Å². The average molecular weight is 300 g/mol. The lowest BCUT2D eigenvalue weighted by atomic mass is 10.0. The predicted octanol–water partition coefficient (Wildman–Crippen LogP) is 3.28. The van der Waals surface area contributed by atoms with Gasteiger partial charge in [0.05, 0.1) is 11.6 Å². The predicted molar refractivity (Wildman–Crippen MR) is 72.7 cm³/mol. The molecule has 1 aliphatic rings. The maximum absolute atomic E-state index is 5.75. The molecule has 0 aliphatic heterocycles. The van der Waals surface area contributed by atoms with Crippen molar-refractivity contribution in [1.82, 2.24) is 0 Å². The van der Waals surface area contributed by atoms with Gasteiger partial charge in [0.1, 0.15) is 5.75 Å². The second-order valence-electron chi connectivity index (χ2n) is 4.39. The molecule has 16 heavy (non-hydrogen) atoms. The number of nitrogens with two attached hydrogens (primary N) is 1. The summed E-state index contributed by atoms with van der Waals surface area (Å²) in [6.45, 7) is 0.714. The Morgan fingerprint density at radius 1 is 1.38 bits per heavy atom. The number of thiocarbonyl (C=S) groups is 1. The molecular weight excluding hydrogens is 286 g/mol. The first-order valence-corrected chi connectivity index (χ1v) is 6.46. The van der Waals surface area contributed by atoms with Crippen molar-refractivity contribution < 1.29 is 4.74 Å². The van der Waals surface area contributed by atoms with Crippen LogP contribution in [0.15, 0.2) is 28.7 Å². The van der Waals surface area contributed by atoms with Crippen LogP contribution in [0.1, 0.15) is 19.3 Å². The van der Waals surface area contributed by atoms with E-state index in [1.54, 1.807) is 0 Å². The van der Waals surface area contributed by atoms with Gasteiger partial charge in [-0.05, 0) is 37.1 Å². The molecule has 0 aromatic heterocycles. The van der Waals surface area contributed by atoms with Crippen LogP contribution in [0.25, 0.3) is 0 Å². The van der Waals surface area contributed by atoms with Crippen molar-refractivity contribution in [3.63, 3.8) is 0 Å². The van der Waals surface area contributed by atoms with Crippen molar-refractivity contribution in [3.05, 3.63) is 28.7 Å². The van der Waals surface area contributed by atoms with Crippen LogP contribution in [0.3, 0.4) is 0 Å². The zero-order valence-corrected chi connectivity index (χ0v) is 11.3. The van der Waals surface area contributed by atoms with Crippen molar-refractivity contribution >= 4 is 33.1 Å². The third kappa shape index (κ3) is 3.19. The smallest absolute Gasteiger partial charge is 0.119 e. The number of halogens is 1. The molecule has 0 bridgehead atoms. The first-order valence-electron chi connectivity index (χ1n) is 5.26. The van der Waals surface area contributed by atoms with Crippen LogP contribution in [-0.4, -0.2) is 11.6 Å². The highest BCUT2D eigenvalue weighted by Crippen LogP contribution is 2.49. The molecule has 0 atom stereocenters. The molecule has 1 aromatic carbocycles.